The van der Waals surface area contributed by atoms with Gasteiger partial charge in [0.15, 0.2) is 11.6 Å². The fourth-order valence-corrected chi connectivity index (χ4v) is 1.35. The molecule has 17 heavy (non-hydrogen) atoms. The van der Waals surface area contributed by atoms with Crippen LogP contribution in [-0.4, -0.2) is 5.16 Å². The van der Waals surface area contributed by atoms with E-state index in [1.165, 1.54) is 6.26 Å². The van der Waals surface area contributed by atoms with E-state index in [1.54, 1.807) is 6.07 Å². The Balaban J connectivity index is 1.97. The summed E-state index contributed by atoms with van der Waals surface area (Å²) in [4.78, 5) is 0. The Morgan fingerprint density at radius 3 is 2.53 bits per heavy atom. The first-order valence-corrected chi connectivity index (χ1v) is 4.90. The van der Waals surface area contributed by atoms with Crippen molar-refractivity contribution >= 4 is 0 Å². The van der Waals surface area contributed by atoms with Gasteiger partial charge in [0.2, 0.25) is 0 Å². The second-order valence-corrected chi connectivity index (χ2v) is 3.45. The molecule has 0 saturated heterocycles. The molecular formula is C11H9F3N2O. The second-order valence-electron chi connectivity index (χ2n) is 3.45. The molecule has 0 unspecified atom stereocenters. The molecule has 0 bridgehead atoms. The Morgan fingerprint density at radius 2 is 1.82 bits per heavy atom. The maximum Gasteiger partial charge on any atom is 0.161 e. The molecule has 0 aliphatic rings. The molecule has 0 amide bonds. The Hall–Kier alpha value is -1.82. The summed E-state index contributed by atoms with van der Waals surface area (Å²) in [7, 11) is 0. The third-order valence-corrected chi connectivity index (χ3v) is 2.20. The van der Waals surface area contributed by atoms with Crippen molar-refractivity contribution in [3.05, 3.63) is 53.2 Å². The Kier molecular flexibility index (Phi) is 3.43. The van der Waals surface area contributed by atoms with Crippen LogP contribution in [0.5, 0.6) is 0 Å². The summed E-state index contributed by atoms with van der Waals surface area (Å²) in [5.41, 5.74) is 0.709. The monoisotopic (exact) mass is 242 g/mol. The highest BCUT2D eigenvalue weighted by molar-refractivity contribution is 5.20. The van der Waals surface area contributed by atoms with Crippen molar-refractivity contribution in [3.8, 4) is 0 Å². The fourth-order valence-electron chi connectivity index (χ4n) is 1.35. The molecule has 1 heterocycles. The number of benzene rings is 1. The first kappa shape index (κ1) is 11.7. The van der Waals surface area contributed by atoms with Crippen molar-refractivity contribution in [2.24, 2.45) is 0 Å². The minimum atomic E-state index is -1.19. The molecule has 0 atom stereocenters. The van der Waals surface area contributed by atoms with Gasteiger partial charge in [-0.15, -0.1) is 0 Å². The molecule has 1 N–H and O–H groups in total. The van der Waals surface area contributed by atoms with Crippen LogP contribution in [-0.2, 0) is 13.1 Å². The summed E-state index contributed by atoms with van der Waals surface area (Å²) in [6.07, 6.45) is 1.41. The quantitative estimate of drug-likeness (QED) is 0.836. The number of nitrogens with one attached hydrogen (secondary N) is 1. The zero-order valence-electron chi connectivity index (χ0n) is 8.71. The van der Waals surface area contributed by atoms with E-state index in [-0.39, 0.29) is 12.1 Å². The van der Waals surface area contributed by atoms with E-state index >= 15 is 0 Å². The summed E-state index contributed by atoms with van der Waals surface area (Å²) < 4.78 is 43.3. The van der Waals surface area contributed by atoms with Gasteiger partial charge in [0.05, 0.1) is 5.69 Å². The number of hydrogen-bond acceptors (Lipinski definition) is 3. The summed E-state index contributed by atoms with van der Waals surface area (Å²) in [6.45, 7) is 0.435. The van der Waals surface area contributed by atoms with Gasteiger partial charge in [-0.2, -0.15) is 0 Å². The number of aromatic nitrogens is 1. The highest BCUT2D eigenvalue weighted by Crippen LogP contribution is 2.13. The molecule has 1 aromatic carbocycles. The van der Waals surface area contributed by atoms with Gasteiger partial charge in [0.25, 0.3) is 0 Å². The summed E-state index contributed by atoms with van der Waals surface area (Å²) in [6, 6.07) is 3.01. The van der Waals surface area contributed by atoms with Gasteiger partial charge in [-0.25, -0.2) is 13.2 Å². The van der Waals surface area contributed by atoms with Crippen molar-refractivity contribution < 1.29 is 17.7 Å². The number of hydrogen-bond donors (Lipinski definition) is 1. The third kappa shape index (κ3) is 2.85. The first-order valence-electron chi connectivity index (χ1n) is 4.90. The summed E-state index contributed by atoms with van der Waals surface area (Å²) >= 11 is 0. The van der Waals surface area contributed by atoms with Gasteiger partial charge >= 0.3 is 0 Å². The topological polar surface area (TPSA) is 38.1 Å². The van der Waals surface area contributed by atoms with Crippen LogP contribution in [0.2, 0.25) is 0 Å². The molecule has 3 nitrogen and oxygen atoms in total. The van der Waals surface area contributed by atoms with Crippen LogP contribution in [0.3, 0.4) is 0 Å². The van der Waals surface area contributed by atoms with E-state index in [4.69, 9.17) is 0 Å². The lowest BCUT2D eigenvalue weighted by molar-refractivity contribution is 0.408. The normalized spacial score (nSPS) is 10.8. The van der Waals surface area contributed by atoms with Gasteiger partial charge in [-0.3, -0.25) is 0 Å². The second kappa shape index (κ2) is 5.01. The number of halogens is 3. The van der Waals surface area contributed by atoms with Gasteiger partial charge in [-0.1, -0.05) is 5.16 Å². The van der Waals surface area contributed by atoms with E-state index < -0.39 is 17.5 Å². The van der Waals surface area contributed by atoms with Crippen LogP contribution < -0.4 is 5.32 Å². The van der Waals surface area contributed by atoms with E-state index in [9.17, 15) is 13.2 Å². The smallest absolute Gasteiger partial charge is 0.161 e. The lowest BCUT2D eigenvalue weighted by Gasteiger charge is -2.05. The molecule has 0 saturated carbocycles. The molecule has 0 radical (unpaired) electrons. The lowest BCUT2D eigenvalue weighted by atomic mass is 10.2. The van der Waals surface area contributed by atoms with E-state index in [0.29, 0.717) is 18.3 Å². The summed E-state index contributed by atoms with van der Waals surface area (Å²) in [5, 5.41) is 6.48. The standard InChI is InChI=1S/C11H9F3N2O/c12-9-4-11(14)10(13)3-7(9)5-15-6-8-1-2-17-16-8/h1-4,15H,5-6H2. The molecular weight excluding hydrogens is 233 g/mol. The lowest BCUT2D eigenvalue weighted by Crippen LogP contribution is -2.14. The minimum Gasteiger partial charge on any atom is -0.364 e. The summed E-state index contributed by atoms with van der Waals surface area (Å²) in [5.74, 6) is -3.04. The highest BCUT2D eigenvalue weighted by Gasteiger charge is 2.09. The molecule has 0 fully saturated rings. The van der Waals surface area contributed by atoms with Crippen LogP contribution in [0.15, 0.2) is 29.0 Å². The SMILES string of the molecule is Fc1cc(F)c(CNCc2ccon2)cc1F. The maximum absolute atomic E-state index is 13.2. The van der Waals surface area contributed by atoms with Crippen molar-refractivity contribution in [2.75, 3.05) is 0 Å². The number of rotatable bonds is 4. The maximum atomic E-state index is 13.2. The van der Waals surface area contributed by atoms with Gasteiger partial charge in [0.1, 0.15) is 12.1 Å². The zero-order valence-corrected chi connectivity index (χ0v) is 8.71. The molecule has 0 aliphatic heterocycles. The minimum absolute atomic E-state index is 0.0624. The van der Waals surface area contributed by atoms with Gasteiger partial charge < -0.3 is 9.84 Å². The van der Waals surface area contributed by atoms with Crippen molar-refractivity contribution in [1.29, 1.82) is 0 Å². The van der Waals surface area contributed by atoms with Crippen LogP contribution >= 0.6 is 0 Å². The van der Waals surface area contributed by atoms with Crippen molar-refractivity contribution in [3.63, 3.8) is 0 Å². The van der Waals surface area contributed by atoms with Crippen LogP contribution in [0.4, 0.5) is 13.2 Å². The molecule has 0 aliphatic carbocycles. The molecule has 90 valence electrons. The first-order chi connectivity index (χ1) is 8.16. The zero-order chi connectivity index (χ0) is 12.3. The Morgan fingerprint density at radius 1 is 1.06 bits per heavy atom. The van der Waals surface area contributed by atoms with Gasteiger partial charge in [-0.05, 0) is 6.07 Å². The molecule has 2 rings (SSSR count). The van der Waals surface area contributed by atoms with Crippen molar-refractivity contribution in [2.45, 2.75) is 13.1 Å². The third-order valence-electron chi connectivity index (χ3n) is 2.20. The predicted molar refractivity (Wildman–Crippen MR) is 53.4 cm³/mol. The average molecular weight is 242 g/mol. The predicted octanol–water partition coefficient (Wildman–Crippen LogP) is 2.38. The van der Waals surface area contributed by atoms with Gasteiger partial charge in [0, 0.05) is 30.8 Å². The number of nitrogens with zero attached hydrogens (tertiary/aromatic N) is 1. The molecule has 6 heteroatoms. The van der Waals surface area contributed by atoms with E-state index in [1.807, 2.05) is 0 Å². The largest absolute Gasteiger partial charge is 0.364 e. The fraction of sp³-hybridized carbons (Fsp3) is 0.182. The van der Waals surface area contributed by atoms with Crippen molar-refractivity contribution in [1.82, 2.24) is 10.5 Å². The van der Waals surface area contributed by atoms with E-state index in [2.05, 4.69) is 15.0 Å². The Labute approximate surface area is 95.2 Å². The van der Waals surface area contributed by atoms with Crippen LogP contribution in [0, 0.1) is 17.5 Å². The average Bonchev–Trinajstić information content (AvgIpc) is 2.78. The van der Waals surface area contributed by atoms with Crippen LogP contribution in [0.1, 0.15) is 11.3 Å². The van der Waals surface area contributed by atoms with Crippen LogP contribution in [0.25, 0.3) is 0 Å². The Bertz CT molecular complexity index is 500. The highest BCUT2D eigenvalue weighted by atomic mass is 19.2. The molecule has 1 aromatic heterocycles. The molecule has 2 aromatic rings. The van der Waals surface area contributed by atoms with E-state index in [0.717, 1.165) is 6.07 Å². The molecule has 0 spiro atoms.